The number of methoxy groups -OCH3 is 1. The summed E-state index contributed by atoms with van der Waals surface area (Å²) in [5, 5.41) is 8.70. The fraction of sp³-hybridized carbons (Fsp3) is 0.529. The minimum absolute atomic E-state index is 0.0195. The number of carbonyl (C=O) groups excluding carboxylic acids is 1. The SMILES string of the molecule is CC.CC.COc1ccc2c(c1)CCC(=O)N2CCC(=O)O. The molecule has 0 unspecified atom stereocenters. The van der Waals surface area contributed by atoms with E-state index < -0.39 is 5.97 Å². The number of aryl methyl sites for hydroxylation is 1. The lowest BCUT2D eigenvalue weighted by atomic mass is 10.0. The normalized spacial score (nSPS) is 12.2. The summed E-state index contributed by atoms with van der Waals surface area (Å²) < 4.78 is 5.14. The van der Waals surface area contributed by atoms with Crippen LogP contribution in [0.4, 0.5) is 5.69 Å². The third-order valence-corrected chi connectivity index (χ3v) is 3.04. The van der Waals surface area contributed by atoms with Crippen molar-refractivity contribution >= 4 is 17.6 Å². The van der Waals surface area contributed by atoms with E-state index in [1.165, 1.54) is 0 Å². The zero-order valence-corrected chi connectivity index (χ0v) is 14.2. The summed E-state index contributed by atoms with van der Waals surface area (Å²) in [5.74, 6) is -0.168. The van der Waals surface area contributed by atoms with Crippen LogP contribution in [0.2, 0.25) is 0 Å². The van der Waals surface area contributed by atoms with Crippen LogP contribution in [0.15, 0.2) is 18.2 Å². The van der Waals surface area contributed by atoms with E-state index in [2.05, 4.69) is 0 Å². The molecule has 0 aliphatic carbocycles. The monoisotopic (exact) mass is 309 g/mol. The number of carbonyl (C=O) groups is 2. The van der Waals surface area contributed by atoms with Gasteiger partial charge in [-0.15, -0.1) is 0 Å². The van der Waals surface area contributed by atoms with Gasteiger partial charge < -0.3 is 14.7 Å². The summed E-state index contributed by atoms with van der Waals surface area (Å²) in [6.07, 6.45) is 1.05. The van der Waals surface area contributed by atoms with Gasteiger partial charge in [-0.1, -0.05) is 27.7 Å². The van der Waals surface area contributed by atoms with Gasteiger partial charge in [-0.2, -0.15) is 0 Å². The number of ether oxygens (including phenoxy) is 1. The fourth-order valence-corrected chi connectivity index (χ4v) is 2.12. The molecule has 0 saturated carbocycles. The van der Waals surface area contributed by atoms with Gasteiger partial charge in [0.1, 0.15) is 5.75 Å². The molecule has 0 saturated heterocycles. The van der Waals surface area contributed by atoms with Crippen molar-refractivity contribution in [2.75, 3.05) is 18.6 Å². The number of rotatable bonds is 4. The van der Waals surface area contributed by atoms with E-state index in [4.69, 9.17) is 9.84 Å². The molecule has 0 fully saturated rings. The maximum Gasteiger partial charge on any atom is 0.305 e. The van der Waals surface area contributed by atoms with Crippen molar-refractivity contribution in [1.29, 1.82) is 0 Å². The third kappa shape index (κ3) is 5.39. The molecule has 1 aromatic carbocycles. The lowest BCUT2D eigenvalue weighted by molar-refractivity contribution is -0.136. The van der Waals surface area contributed by atoms with Crippen molar-refractivity contribution in [3.05, 3.63) is 23.8 Å². The van der Waals surface area contributed by atoms with Gasteiger partial charge in [0.05, 0.1) is 13.5 Å². The van der Waals surface area contributed by atoms with Gasteiger partial charge in [0.2, 0.25) is 5.91 Å². The number of nitrogens with zero attached hydrogens (tertiary/aromatic N) is 1. The maximum absolute atomic E-state index is 11.8. The van der Waals surface area contributed by atoms with E-state index >= 15 is 0 Å². The molecule has 0 bridgehead atoms. The van der Waals surface area contributed by atoms with Gasteiger partial charge in [0.25, 0.3) is 0 Å². The number of benzene rings is 1. The van der Waals surface area contributed by atoms with Crippen LogP contribution in [0.25, 0.3) is 0 Å². The highest BCUT2D eigenvalue weighted by molar-refractivity contribution is 5.96. The number of hydrogen-bond donors (Lipinski definition) is 1. The molecule has 1 heterocycles. The number of amides is 1. The molecule has 1 amide bonds. The van der Waals surface area contributed by atoms with E-state index in [0.717, 1.165) is 17.0 Å². The first-order valence-electron chi connectivity index (χ1n) is 7.81. The van der Waals surface area contributed by atoms with Gasteiger partial charge in [-0.05, 0) is 30.2 Å². The number of aliphatic carboxylic acids is 1. The van der Waals surface area contributed by atoms with Crippen molar-refractivity contribution in [3.63, 3.8) is 0 Å². The predicted molar refractivity (Wildman–Crippen MR) is 88.6 cm³/mol. The van der Waals surface area contributed by atoms with E-state index in [1.807, 2.05) is 39.8 Å². The average Bonchev–Trinajstić information content (AvgIpc) is 2.57. The predicted octanol–water partition coefficient (Wildman–Crippen LogP) is 3.50. The summed E-state index contributed by atoms with van der Waals surface area (Å²) >= 11 is 0. The van der Waals surface area contributed by atoms with E-state index in [1.54, 1.807) is 18.1 Å². The van der Waals surface area contributed by atoms with Crippen LogP contribution in [0.1, 0.15) is 46.1 Å². The van der Waals surface area contributed by atoms with Gasteiger partial charge >= 0.3 is 5.97 Å². The molecule has 1 N–H and O–H groups in total. The number of anilines is 1. The van der Waals surface area contributed by atoms with Gasteiger partial charge in [-0.25, -0.2) is 0 Å². The molecule has 1 aliphatic rings. The fourth-order valence-electron chi connectivity index (χ4n) is 2.12. The number of hydrogen-bond acceptors (Lipinski definition) is 3. The average molecular weight is 309 g/mol. The largest absolute Gasteiger partial charge is 0.497 e. The zero-order chi connectivity index (χ0) is 17.1. The second-order valence-electron chi connectivity index (χ2n) is 4.18. The summed E-state index contributed by atoms with van der Waals surface area (Å²) in [4.78, 5) is 24.0. The Morgan fingerprint density at radius 3 is 2.41 bits per heavy atom. The molecule has 22 heavy (non-hydrogen) atoms. The molecule has 5 heteroatoms. The van der Waals surface area contributed by atoms with Gasteiger partial charge in [0.15, 0.2) is 0 Å². The van der Waals surface area contributed by atoms with E-state index in [-0.39, 0.29) is 18.9 Å². The molecule has 2 rings (SSSR count). The zero-order valence-electron chi connectivity index (χ0n) is 14.2. The first-order valence-corrected chi connectivity index (χ1v) is 7.81. The van der Waals surface area contributed by atoms with E-state index in [9.17, 15) is 9.59 Å². The van der Waals surface area contributed by atoms with Crippen molar-refractivity contribution in [2.45, 2.75) is 47.0 Å². The Kier molecular flexibility index (Phi) is 9.67. The first kappa shape index (κ1) is 20.0. The molecule has 0 atom stereocenters. The lowest BCUT2D eigenvalue weighted by Gasteiger charge is -2.29. The minimum atomic E-state index is -0.900. The molecule has 124 valence electrons. The molecular weight excluding hydrogens is 282 g/mol. The third-order valence-electron chi connectivity index (χ3n) is 3.04. The number of carboxylic acid groups (broad SMARTS) is 1. The van der Waals surface area contributed by atoms with Crippen LogP contribution in [-0.4, -0.2) is 30.6 Å². The molecule has 5 nitrogen and oxygen atoms in total. The van der Waals surface area contributed by atoms with Crippen LogP contribution in [0.5, 0.6) is 5.75 Å². The van der Waals surface area contributed by atoms with Crippen LogP contribution in [0, 0.1) is 0 Å². The Morgan fingerprint density at radius 1 is 1.23 bits per heavy atom. The Labute approximate surface area is 132 Å². The standard InChI is InChI=1S/C13H15NO4.2C2H6/c1-18-10-3-4-11-9(8-10)2-5-12(15)14(11)7-6-13(16)17;2*1-2/h3-4,8H,2,5-7H2,1H3,(H,16,17);2*1-2H3. The smallest absolute Gasteiger partial charge is 0.305 e. The van der Waals surface area contributed by atoms with Crippen LogP contribution in [0.3, 0.4) is 0 Å². The summed E-state index contributed by atoms with van der Waals surface area (Å²) in [7, 11) is 1.60. The van der Waals surface area contributed by atoms with Gasteiger partial charge in [0, 0.05) is 18.7 Å². The topological polar surface area (TPSA) is 66.8 Å². The highest BCUT2D eigenvalue weighted by Gasteiger charge is 2.24. The van der Waals surface area contributed by atoms with Crippen molar-refractivity contribution < 1.29 is 19.4 Å². The minimum Gasteiger partial charge on any atom is -0.497 e. The Balaban J connectivity index is 0.00000102. The highest BCUT2D eigenvalue weighted by atomic mass is 16.5. The van der Waals surface area contributed by atoms with Crippen LogP contribution >= 0.6 is 0 Å². The van der Waals surface area contributed by atoms with E-state index in [0.29, 0.717) is 12.8 Å². The molecule has 1 aliphatic heterocycles. The lowest BCUT2D eigenvalue weighted by Crippen LogP contribution is -2.36. The summed E-state index contributed by atoms with van der Waals surface area (Å²) in [6.45, 7) is 8.22. The Bertz CT molecular complexity index is 486. The van der Waals surface area contributed by atoms with Crippen molar-refractivity contribution in [3.8, 4) is 5.75 Å². The first-order chi connectivity index (χ1) is 10.6. The second-order valence-corrected chi connectivity index (χ2v) is 4.18. The molecule has 0 radical (unpaired) electrons. The molecule has 1 aromatic rings. The summed E-state index contributed by atoms with van der Waals surface area (Å²) in [6, 6.07) is 5.49. The van der Waals surface area contributed by atoms with Crippen LogP contribution < -0.4 is 9.64 Å². The van der Waals surface area contributed by atoms with Crippen LogP contribution in [-0.2, 0) is 16.0 Å². The van der Waals surface area contributed by atoms with Crippen molar-refractivity contribution in [1.82, 2.24) is 0 Å². The highest BCUT2D eigenvalue weighted by Crippen LogP contribution is 2.31. The molecule has 0 aromatic heterocycles. The Hall–Kier alpha value is -2.04. The molecular formula is C17H27NO4. The maximum atomic E-state index is 11.8. The quantitative estimate of drug-likeness (QED) is 0.924. The second kappa shape index (κ2) is 10.7. The number of carboxylic acids is 1. The Morgan fingerprint density at radius 2 is 1.86 bits per heavy atom. The number of fused-ring (bicyclic) bond motifs is 1. The molecule has 0 spiro atoms. The van der Waals surface area contributed by atoms with Gasteiger partial charge in [-0.3, -0.25) is 9.59 Å². The summed E-state index contributed by atoms with van der Waals surface area (Å²) in [5.41, 5.74) is 1.83. The van der Waals surface area contributed by atoms with Crippen molar-refractivity contribution in [2.24, 2.45) is 0 Å².